The van der Waals surface area contributed by atoms with Gasteiger partial charge in [-0.1, -0.05) is 18.2 Å². The zero-order chi connectivity index (χ0) is 10.1. The lowest BCUT2D eigenvalue weighted by Crippen LogP contribution is -2.32. The van der Waals surface area contributed by atoms with E-state index in [1.807, 2.05) is 42.3 Å². The van der Waals surface area contributed by atoms with Crippen molar-refractivity contribution in [3.8, 4) is 0 Å². The molecule has 1 aromatic rings. The molecule has 2 amide bonds. The lowest BCUT2D eigenvalue weighted by molar-refractivity contribution is 0.229. The van der Waals surface area contributed by atoms with Gasteiger partial charge in [0, 0.05) is 19.3 Å². The number of benzene rings is 1. The van der Waals surface area contributed by atoms with Crippen molar-refractivity contribution in [1.82, 2.24) is 4.90 Å². The zero-order valence-electron chi connectivity index (χ0n) is 8.47. The third-order valence-corrected chi connectivity index (χ3v) is 2.55. The highest BCUT2D eigenvalue weighted by molar-refractivity contribution is 5.94. The van der Waals surface area contributed by atoms with E-state index in [-0.39, 0.29) is 12.1 Å². The Morgan fingerprint density at radius 1 is 1.29 bits per heavy atom. The molecule has 1 atom stereocenters. The molecule has 1 aliphatic rings. The first-order valence-electron chi connectivity index (χ1n) is 4.79. The molecule has 1 saturated heterocycles. The average molecular weight is 190 g/mol. The third kappa shape index (κ3) is 1.35. The van der Waals surface area contributed by atoms with Crippen molar-refractivity contribution >= 4 is 11.7 Å². The molecule has 2 rings (SSSR count). The number of carbonyl (C=O) groups is 1. The maximum Gasteiger partial charge on any atom is 0.324 e. The summed E-state index contributed by atoms with van der Waals surface area (Å²) in [7, 11) is 1.84. The predicted molar refractivity (Wildman–Crippen MR) is 56.4 cm³/mol. The van der Waals surface area contributed by atoms with Crippen LogP contribution in [-0.2, 0) is 0 Å². The van der Waals surface area contributed by atoms with Crippen molar-refractivity contribution in [2.24, 2.45) is 0 Å². The zero-order valence-corrected chi connectivity index (χ0v) is 8.47. The number of amides is 2. The quantitative estimate of drug-likeness (QED) is 0.664. The van der Waals surface area contributed by atoms with Gasteiger partial charge in [0.1, 0.15) is 0 Å². The molecule has 3 nitrogen and oxygen atoms in total. The maximum atomic E-state index is 11.8. The summed E-state index contributed by atoms with van der Waals surface area (Å²) in [6, 6.07) is 10.1. The van der Waals surface area contributed by atoms with E-state index in [0.717, 1.165) is 12.2 Å². The Labute approximate surface area is 83.9 Å². The van der Waals surface area contributed by atoms with Crippen LogP contribution in [0.3, 0.4) is 0 Å². The number of anilines is 1. The highest BCUT2D eigenvalue weighted by Crippen LogP contribution is 2.22. The molecule has 0 unspecified atom stereocenters. The first kappa shape index (κ1) is 9.06. The van der Waals surface area contributed by atoms with E-state index < -0.39 is 0 Å². The van der Waals surface area contributed by atoms with Gasteiger partial charge in [-0.3, -0.25) is 4.90 Å². The summed E-state index contributed by atoms with van der Waals surface area (Å²) >= 11 is 0. The van der Waals surface area contributed by atoms with E-state index in [0.29, 0.717) is 0 Å². The van der Waals surface area contributed by atoms with Gasteiger partial charge in [0.2, 0.25) is 0 Å². The van der Waals surface area contributed by atoms with E-state index in [9.17, 15) is 4.79 Å². The molecule has 1 heterocycles. The topological polar surface area (TPSA) is 23.6 Å². The molecule has 74 valence electrons. The molecule has 0 saturated carbocycles. The van der Waals surface area contributed by atoms with Crippen LogP contribution in [0.5, 0.6) is 0 Å². The minimum atomic E-state index is 0.0868. The summed E-state index contributed by atoms with van der Waals surface area (Å²) in [5.41, 5.74) is 0.981. The van der Waals surface area contributed by atoms with Gasteiger partial charge in [0.15, 0.2) is 0 Å². The molecule has 0 aliphatic carbocycles. The van der Waals surface area contributed by atoms with Crippen molar-refractivity contribution in [2.75, 3.05) is 18.5 Å². The van der Waals surface area contributed by atoms with Gasteiger partial charge in [0.05, 0.1) is 6.04 Å². The summed E-state index contributed by atoms with van der Waals surface area (Å²) in [5, 5.41) is 0. The predicted octanol–water partition coefficient (Wildman–Crippen LogP) is 1.95. The number of urea groups is 1. The van der Waals surface area contributed by atoms with Gasteiger partial charge in [0.25, 0.3) is 0 Å². The van der Waals surface area contributed by atoms with E-state index in [2.05, 4.69) is 6.92 Å². The Morgan fingerprint density at radius 3 is 2.43 bits per heavy atom. The molecule has 1 aromatic carbocycles. The van der Waals surface area contributed by atoms with Crippen LogP contribution >= 0.6 is 0 Å². The Morgan fingerprint density at radius 2 is 1.93 bits per heavy atom. The molecule has 0 N–H and O–H groups in total. The maximum absolute atomic E-state index is 11.8. The molecule has 0 aromatic heterocycles. The van der Waals surface area contributed by atoms with Gasteiger partial charge < -0.3 is 4.90 Å². The van der Waals surface area contributed by atoms with Crippen LogP contribution in [0.15, 0.2) is 30.3 Å². The molecule has 1 aliphatic heterocycles. The second-order valence-corrected chi connectivity index (χ2v) is 3.72. The van der Waals surface area contributed by atoms with Gasteiger partial charge in [-0.15, -0.1) is 0 Å². The summed E-state index contributed by atoms with van der Waals surface area (Å²) in [5.74, 6) is 0. The van der Waals surface area contributed by atoms with Crippen LogP contribution < -0.4 is 4.90 Å². The number of hydrogen-bond donors (Lipinski definition) is 0. The lowest BCUT2D eigenvalue weighted by Gasteiger charge is -2.19. The Balaban J connectivity index is 2.31. The number of nitrogens with zero attached hydrogens (tertiary/aromatic N) is 2. The average Bonchev–Trinajstić information content (AvgIpc) is 2.43. The molecule has 1 fully saturated rings. The third-order valence-electron chi connectivity index (χ3n) is 2.55. The number of para-hydroxylation sites is 1. The molecule has 14 heavy (non-hydrogen) atoms. The molecular formula is C11H14N2O. The van der Waals surface area contributed by atoms with Gasteiger partial charge in [-0.25, -0.2) is 4.79 Å². The van der Waals surface area contributed by atoms with E-state index >= 15 is 0 Å². The van der Waals surface area contributed by atoms with E-state index in [4.69, 9.17) is 0 Å². The van der Waals surface area contributed by atoms with Crippen LogP contribution in [0.4, 0.5) is 10.5 Å². The smallest absolute Gasteiger partial charge is 0.324 e. The van der Waals surface area contributed by atoms with Crippen molar-refractivity contribution in [3.05, 3.63) is 30.3 Å². The number of likely N-dealkylation sites (N-methyl/N-ethyl adjacent to an activating group) is 1. The highest BCUT2D eigenvalue weighted by atomic mass is 16.2. The summed E-state index contributed by atoms with van der Waals surface area (Å²) in [6.07, 6.45) is 0. The van der Waals surface area contributed by atoms with Crippen LogP contribution in [0, 0.1) is 0 Å². The minimum Gasteiger partial charge on any atom is -0.325 e. The number of rotatable bonds is 1. The van der Waals surface area contributed by atoms with Crippen LogP contribution in [0.1, 0.15) is 6.92 Å². The summed E-state index contributed by atoms with van der Waals surface area (Å²) in [6.45, 7) is 2.86. The highest BCUT2D eigenvalue weighted by Gasteiger charge is 2.32. The molecule has 0 radical (unpaired) electrons. The largest absolute Gasteiger partial charge is 0.325 e. The van der Waals surface area contributed by atoms with E-state index in [1.165, 1.54) is 0 Å². The van der Waals surface area contributed by atoms with Crippen molar-refractivity contribution in [3.63, 3.8) is 0 Å². The number of hydrogen-bond acceptors (Lipinski definition) is 1. The van der Waals surface area contributed by atoms with Crippen molar-refractivity contribution in [2.45, 2.75) is 13.0 Å². The van der Waals surface area contributed by atoms with Crippen LogP contribution in [-0.4, -0.2) is 30.6 Å². The fourth-order valence-electron chi connectivity index (χ4n) is 1.88. The molecule has 0 spiro atoms. The van der Waals surface area contributed by atoms with Gasteiger partial charge >= 0.3 is 6.03 Å². The molecule has 3 heteroatoms. The fraction of sp³-hybridized carbons (Fsp3) is 0.364. The van der Waals surface area contributed by atoms with Gasteiger partial charge in [-0.05, 0) is 19.1 Å². The van der Waals surface area contributed by atoms with E-state index in [1.54, 1.807) is 4.90 Å². The normalized spacial score (nSPS) is 21.9. The lowest BCUT2D eigenvalue weighted by atomic mass is 10.2. The fourth-order valence-corrected chi connectivity index (χ4v) is 1.88. The second kappa shape index (κ2) is 3.33. The van der Waals surface area contributed by atoms with Crippen LogP contribution in [0.25, 0.3) is 0 Å². The van der Waals surface area contributed by atoms with Crippen molar-refractivity contribution < 1.29 is 4.79 Å². The molecular weight excluding hydrogens is 176 g/mol. The van der Waals surface area contributed by atoms with Gasteiger partial charge in [-0.2, -0.15) is 0 Å². The Bertz CT molecular complexity index is 336. The summed E-state index contributed by atoms with van der Waals surface area (Å²) in [4.78, 5) is 15.3. The Kier molecular flexibility index (Phi) is 2.15. The SMILES string of the molecule is C[C@H]1CN(C)C(=O)N1c1ccccc1. The first-order valence-corrected chi connectivity index (χ1v) is 4.79. The standard InChI is InChI=1S/C11H14N2O/c1-9-8-12(2)11(14)13(9)10-6-4-3-5-7-10/h3-7,9H,8H2,1-2H3/t9-/m0/s1. The summed E-state index contributed by atoms with van der Waals surface area (Å²) < 4.78 is 0. The Hall–Kier alpha value is -1.51. The molecule has 0 bridgehead atoms. The first-order chi connectivity index (χ1) is 6.70. The number of carbonyl (C=O) groups excluding carboxylic acids is 1. The van der Waals surface area contributed by atoms with Crippen molar-refractivity contribution in [1.29, 1.82) is 0 Å². The monoisotopic (exact) mass is 190 g/mol. The minimum absolute atomic E-state index is 0.0868. The second-order valence-electron chi connectivity index (χ2n) is 3.72. The van der Waals surface area contributed by atoms with Crippen LogP contribution in [0.2, 0.25) is 0 Å².